The third-order valence-electron chi connectivity index (χ3n) is 9.03. The monoisotopic (exact) mass is 640 g/mol. The van der Waals surface area contributed by atoms with Gasteiger partial charge in [0.1, 0.15) is 23.3 Å². The predicted octanol–water partition coefficient (Wildman–Crippen LogP) is 3.83. The van der Waals surface area contributed by atoms with Crippen molar-refractivity contribution >= 4 is 28.6 Å². The Labute approximate surface area is 274 Å². The van der Waals surface area contributed by atoms with Gasteiger partial charge in [-0.3, -0.25) is 14.4 Å². The maximum atomic E-state index is 14.1. The van der Waals surface area contributed by atoms with Gasteiger partial charge in [0.05, 0.1) is 19.7 Å². The SMILES string of the molecule is COc1nc2c(cc1C(=O)N1CCCC(=O)N[C@H](Cc3c[nH]c4ccccc34)C(=O)N[C@@H](CC(C)C)c3nc(C)nn3CC1)CCC2. The van der Waals surface area contributed by atoms with Crippen LogP contribution in [-0.2, 0) is 35.4 Å². The van der Waals surface area contributed by atoms with Crippen LogP contribution < -0.4 is 15.4 Å². The van der Waals surface area contributed by atoms with Crippen LogP contribution in [0.3, 0.4) is 0 Å². The lowest BCUT2D eigenvalue weighted by atomic mass is 10.0. The summed E-state index contributed by atoms with van der Waals surface area (Å²) in [4.78, 5) is 55.9. The molecule has 1 aliphatic heterocycles. The van der Waals surface area contributed by atoms with E-state index in [0.717, 1.165) is 47.0 Å². The maximum absolute atomic E-state index is 14.1. The summed E-state index contributed by atoms with van der Waals surface area (Å²) in [5, 5.41) is 11.9. The minimum absolute atomic E-state index is 0.157. The first-order valence-corrected chi connectivity index (χ1v) is 16.6. The average Bonchev–Trinajstić information content (AvgIpc) is 3.78. The number of carbonyl (C=O) groups excluding carboxylic acids is 3. The van der Waals surface area contributed by atoms with Gasteiger partial charge in [-0.25, -0.2) is 14.6 Å². The second-order valence-electron chi connectivity index (χ2n) is 13.0. The van der Waals surface area contributed by atoms with Crippen molar-refractivity contribution in [3.8, 4) is 5.88 Å². The minimum atomic E-state index is -0.809. The van der Waals surface area contributed by atoms with Gasteiger partial charge < -0.3 is 25.3 Å². The number of benzene rings is 1. The fourth-order valence-corrected chi connectivity index (χ4v) is 6.76. The van der Waals surface area contributed by atoms with E-state index in [-0.39, 0.29) is 30.1 Å². The molecule has 2 atom stereocenters. The van der Waals surface area contributed by atoms with Crippen LogP contribution in [0.2, 0.25) is 0 Å². The first-order valence-electron chi connectivity index (χ1n) is 16.6. The standard InChI is InChI=1S/C35H44N8O4/c1-21(2)17-29-32-37-22(3)41-43(32)16-15-42(35(46)26-18-23-9-7-12-27(23)40-34(26)47-4)14-8-13-31(44)38-30(33(45)39-29)19-24-20-36-28-11-6-5-10-25(24)28/h5-6,10-11,18,20-21,29-30,36H,7-9,12-17,19H2,1-4H3,(H,38,44)(H,39,45)/t29-,30+/m0/s1. The maximum Gasteiger partial charge on any atom is 0.259 e. The zero-order chi connectivity index (χ0) is 33.1. The highest BCUT2D eigenvalue weighted by atomic mass is 16.5. The van der Waals surface area contributed by atoms with Crippen molar-refractivity contribution in [1.29, 1.82) is 0 Å². The van der Waals surface area contributed by atoms with E-state index in [1.54, 1.807) is 9.58 Å². The summed E-state index contributed by atoms with van der Waals surface area (Å²) in [5.41, 5.74) is 4.40. The molecule has 248 valence electrons. The molecule has 3 aromatic heterocycles. The fourth-order valence-electron chi connectivity index (χ4n) is 6.76. The van der Waals surface area contributed by atoms with E-state index < -0.39 is 12.1 Å². The lowest BCUT2D eigenvalue weighted by molar-refractivity contribution is -0.129. The van der Waals surface area contributed by atoms with Crippen molar-refractivity contribution in [2.75, 3.05) is 20.2 Å². The van der Waals surface area contributed by atoms with E-state index in [2.05, 4.69) is 39.5 Å². The number of ether oxygens (including phenoxy) is 1. The minimum Gasteiger partial charge on any atom is -0.480 e. The van der Waals surface area contributed by atoms with E-state index in [1.807, 2.05) is 43.5 Å². The number of hydrogen-bond acceptors (Lipinski definition) is 7. The Bertz CT molecular complexity index is 1780. The van der Waals surface area contributed by atoms with Gasteiger partial charge in [0, 0.05) is 48.7 Å². The molecule has 1 aliphatic carbocycles. The zero-order valence-corrected chi connectivity index (χ0v) is 27.6. The van der Waals surface area contributed by atoms with Crippen molar-refractivity contribution in [3.63, 3.8) is 0 Å². The average molecular weight is 641 g/mol. The number of H-pyrrole nitrogens is 1. The van der Waals surface area contributed by atoms with Crippen LogP contribution in [0, 0.1) is 12.8 Å². The summed E-state index contributed by atoms with van der Waals surface area (Å²) in [6.45, 7) is 7.06. The number of pyridine rings is 1. The molecule has 47 heavy (non-hydrogen) atoms. The molecule has 3 amide bonds. The first-order chi connectivity index (χ1) is 22.7. The molecule has 4 heterocycles. The first kappa shape index (κ1) is 32.2. The van der Waals surface area contributed by atoms with Crippen molar-refractivity contribution in [1.82, 2.24) is 40.3 Å². The van der Waals surface area contributed by atoms with Crippen molar-refractivity contribution in [2.24, 2.45) is 5.92 Å². The number of aryl methyl sites for hydroxylation is 3. The van der Waals surface area contributed by atoms with Crippen LogP contribution in [0.4, 0.5) is 0 Å². The number of amides is 3. The molecule has 0 radical (unpaired) electrons. The molecule has 12 heteroatoms. The number of aromatic amines is 1. The molecule has 0 bridgehead atoms. The van der Waals surface area contributed by atoms with E-state index in [0.29, 0.717) is 62.0 Å². The van der Waals surface area contributed by atoms with Crippen molar-refractivity contribution in [2.45, 2.75) is 84.3 Å². The summed E-state index contributed by atoms with van der Waals surface area (Å²) in [7, 11) is 1.54. The third kappa shape index (κ3) is 7.16. The molecular weight excluding hydrogens is 596 g/mol. The zero-order valence-electron chi connectivity index (χ0n) is 27.6. The largest absolute Gasteiger partial charge is 0.480 e. The molecule has 1 aromatic carbocycles. The number of methoxy groups -OCH3 is 1. The summed E-state index contributed by atoms with van der Waals surface area (Å²) >= 11 is 0. The number of nitrogens with zero attached hydrogens (tertiary/aromatic N) is 5. The van der Waals surface area contributed by atoms with Crippen molar-refractivity contribution < 1.29 is 19.1 Å². The van der Waals surface area contributed by atoms with Gasteiger partial charge >= 0.3 is 0 Å². The van der Waals surface area contributed by atoms with E-state index >= 15 is 0 Å². The van der Waals surface area contributed by atoms with E-state index in [9.17, 15) is 14.4 Å². The molecule has 3 N–H and O–H groups in total. The quantitative estimate of drug-likeness (QED) is 0.290. The number of hydrogen-bond donors (Lipinski definition) is 3. The van der Waals surface area contributed by atoms with Crippen LogP contribution in [0.5, 0.6) is 5.88 Å². The molecule has 0 saturated carbocycles. The molecular formula is C35H44N8O4. The Morgan fingerprint density at radius 1 is 1.02 bits per heavy atom. The highest BCUT2D eigenvalue weighted by molar-refractivity contribution is 5.97. The smallest absolute Gasteiger partial charge is 0.259 e. The number of aromatic nitrogens is 5. The fraction of sp³-hybridized carbons (Fsp3) is 0.486. The summed E-state index contributed by atoms with van der Waals surface area (Å²) < 4.78 is 7.38. The summed E-state index contributed by atoms with van der Waals surface area (Å²) in [5.74, 6) is 1.06. The number of para-hydroxylation sites is 1. The Kier molecular flexibility index (Phi) is 9.55. The molecule has 0 unspecified atom stereocenters. The molecule has 2 aliphatic rings. The normalized spacial score (nSPS) is 19.2. The van der Waals surface area contributed by atoms with Gasteiger partial charge in [0.25, 0.3) is 5.91 Å². The van der Waals surface area contributed by atoms with Gasteiger partial charge in [0.15, 0.2) is 0 Å². The highest BCUT2D eigenvalue weighted by Crippen LogP contribution is 2.28. The van der Waals surface area contributed by atoms with Gasteiger partial charge in [-0.2, -0.15) is 5.10 Å². The van der Waals surface area contributed by atoms with Gasteiger partial charge in [0.2, 0.25) is 17.7 Å². The van der Waals surface area contributed by atoms with Crippen LogP contribution in [0.25, 0.3) is 10.9 Å². The lowest BCUT2D eigenvalue weighted by Gasteiger charge is -2.27. The molecule has 4 aromatic rings. The second kappa shape index (κ2) is 13.9. The van der Waals surface area contributed by atoms with E-state index in [1.165, 1.54) is 7.11 Å². The van der Waals surface area contributed by atoms with Crippen LogP contribution in [0.15, 0.2) is 36.5 Å². The molecule has 0 fully saturated rings. The predicted molar refractivity (Wildman–Crippen MR) is 177 cm³/mol. The second-order valence-corrected chi connectivity index (χ2v) is 13.0. The van der Waals surface area contributed by atoms with Crippen molar-refractivity contribution in [3.05, 3.63) is 70.6 Å². The number of carbonyl (C=O) groups is 3. The Balaban J connectivity index is 1.32. The molecule has 0 spiro atoms. The molecule has 0 saturated heterocycles. The Morgan fingerprint density at radius 3 is 2.66 bits per heavy atom. The summed E-state index contributed by atoms with van der Waals surface area (Å²) in [6, 6.07) is 8.58. The molecule has 6 rings (SSSR count). The Morgan fingerprint density at radius 2 is 1.85 bits per heavy atom. The van der Waals surface area contributed by atoms with Gasteiger partial charge in [-0.05, 0) is 68.2 Å². The number of rotatable bonds is 6. The Hall–Kier alpha value is -4.74. The highest BCUT2D eigenvalue weighted by Gasteiger charge is 2.30. The van der Waals surface area contributed by atoms with Crippen LogP contribution in [0.1, 0.15) is 84.4 Å². The van der Waals surface area contributed by atoms with Crippen LogP contribution in [-0.4, -0.2) is 73.6 Å². The topological polar surface area (TPSA) is 147 Å². The van der Waals surface area contributed by atoms with Gasteiger partial charge in [-0.15, -0.1) is 0 Å². The third-order valence-corrected chi connectivity index (χ3v) is 9.03. The summed E-state index contributed by atoms with van der Waals surface area (Å²) in [6.07, 6.45) is 6.18. The lowest BCUT2D eigenvalue weighted by Crippen LogP contribution is -2.49. The van der Waals surface area contributed by atoms with Crippen LogP contribution >= 0.6 is 0 Å². The number of fused-ring (bicyclic) bond motifs is 3. The van der Waals surface area contributed by atoms with Gasteiger partial charge in [-0.1, -0.05) is 32.0 Å². The molecule has 12 nitrogen and oxygen atoms in total. The number of nitrogens with one attached hydrogen (secondary N) is 3. The van der Waals surface area contributed by atoms with E-state index in [4.69, 9.17) is 9.72 Å².